The Labute approximate surface area is 145 Å². The highest BCUT2D eigenvalue weighted by atomic mass is 19.1. The Morgan fingerprint density at radius 1 is 1.28 bits per heavy atom. The molecule has 0 aliphatic carbocycles. The lowest BCUT2D eigenvalue weighted by molar-refractivity contribution is 0.282. The van der Waals surface area contributed by atoms with Gasteiger partial charge in [-0.15, -0.1) is 5.10 Å². The molecule has 2 aromatic heterocycles. The number of rotatable bonds is 6. The van der Waals surface area contributed by atoms with Crippen LogP contribution in [-0.4, -0.2) is 19.9 Å². The van der Waals surface area contributed by atoms with Crippen molar-refractivity contribution in [2.45, 2.75) is 33.6 Å². The molecule has 2 heterocycles. The molecule has 0 unspecified atom stereocenters. The van der Waals surface area contributed by atoms with Gasteiger partial charge in [-0.25, -0.2) is 4.39 Å². The number of halogens is 1. The zero-order valence-corrected chi connectivity index (χ0v) is 14.2. The molecule has 0 saturated heterocycles. The first kappa shape index (κ1) is 17.1. The molecule has 5 nitrogen and oxygen atoms in total. The Morgan fingerprint density at radius 3 is 2.72 bits per heavy atom. The van der Waals surface area contributed by atoms with Crippen molar-refractivity contribution in [3.05, 3.63) is 65.3 Å². The number of ether oxygens (including phenoxy) is 1. The number of hydrogen-bond donors (Lipinski definition) is 1. The summed E-state index contributed by atoms with van der Waals surface area (Å²) in [5, 5.41) is 18.7. The zero-order valence-electron chi connectivity index (χ0n) is 14.2. The normalized spacial score (nSPS) is 11.5. The molecule has 130 valence electrons. The van der Waals surface area contributed by atoms with Gasteiger partial charge in [0.05, 0.1) is 12.8 Å². The van der Waals surface area contributed by atoms with Gasteiger partial charge >= 0.3 is 0 Å². The van der Waals surface area contributed by atoms with Crippen molar-refractivity contribution in [2.75, 3.05) is 0 Å². The fraction of sp³-hybridized carbons (Fsp3) is 0.263. The highest BCUT2D eigenvalue weighted by Gasteiger charge is 2.18. The lowest BCUT2D eigenvalue weighted by atomic mass is 10.2. The summed E-state index contributed by atoms with van der Waals surface area (Å²) in [6.07, 6.45) is 5.64. The second-order valence-corrected chi connectivity index (χ2v) is 5.73. The Morgan fingerprint density at radius 2 is 2.04 bits per heavy atom. The van der Waals surface area contributed by atoms with E-state index in [0.29, 0.717) is 12.4 Å². The van der Waals surface area contributed by atoms with E-state index in [1.165, 1.54) is 12.1 Å². The fourth-order valence-electron chi connectivity index (χ4n) is 2.84. The second kappa shape index (κ2) is 7.44. The van der Waals surface area contributed by atoms with Gasteiger partial charge in [-0.3, -0.25) is 0 Å². The van der Waals surface area contributed by atoms with Crippen LogP contribution in [0.2, 0.25) is 0 Å². The van der Waals surface area contributed by atoms with E-state index in [2.05, 4.69) is 14.8 Å². The molecule has 0 bridgehead atoms. The van der Waals surface area contributed by atoms with Gasteiger partial charge in [-0.1, -0.05) is 24.3 Å². The Hall–Kier alpha value is -2.73. The number of hydrogen-bond acceptors (Lipinski definition) is 4. The van der Waals surface area contributed by atoms with Crippen LogP contribution in [0.3, 0.4) is 0 Å². The summed E-state index contributed by atoms with van der Waals surface area (Å²) in [7, 11) is 0. The summed E-state index contributed by atoms with van der Waals surface area (Å²) in [6.45, 7) is 4.75. The maximum absolute atomic E-state index is 13.0. The van der Waals surface area contributed by atoms with Crippen LogP contribution >= 0.6 is 0 Å². The van der Waals surface area contributed by atoms with Crippen LogP contribution in [0.5, 0.6) is 5.88 Å². The van der Waals surface area contributed by atoms with Crippen LogP contribution in [0, 0.1) is 12.7 Å². The highest BCUT2D eigenvalue weighted by molar-refractivity contribution is 5.88. The van der Waals surface area contributed by atoms with Crippen LogP contribution in [0.15, 0.2) is 42.6 Å². The number of allylic oxidation sites excluding steroid dienone is 2. The molecule has 0 fully saturated rings. The van der Waals surface area contributed by atoms with E-state index in [-0.39, 0.29) is 19.0 Å². The largest absolute Gasteiger partial charge is 0.470 e. The van der Waals surface area contributed by atoms with E-state index in [4.69, 9.17) is 4.74 Å². The number of nitrogens with zero attached hydrogens (tertiary/aromatic N) is 3. The van der Waals surface area contributed by atoms with Gasteiger partial charge in [-0.2, -0.15) is 5.10 Å². The summed E-state index contributed by atoms with van der Waals surface area (Å²) in [6, 6.07) is 6.14. The third-order valence-electron chi connectivity index (χ3n) is 4.20. The minimum atomic E-state index is -0.283. The van der Waals surface area contributed by atoms with Gasteiger partial charge < -0.3 is 14.4 Å². The quantitative estimate of drug-likeness (QED) is 0.697. The van der Waals surface area contributed by atoms with Crippen LogP contribution in [0.25, 0.3) is 10.9 Å². The van der Waals surface area contributed by atoms with E-state index < -0.39 is 0 Å². The second-order valence-electron chi connectivity index (χ2n) is 5.73. The van der Waals surface area contributed by atoms with Gasteiger partial charge in [0.15, 0.2) is 0 Å². The first-order valence-corrected chi connectivity index (χ1v) is 8.08. The Kier molecular flexibility index (Phi) is 5.09. The molecule has 0 spiro atoms. The molecular formula is C19H20FN3O2. The van der Waals surface area contributed by atoms with Gasteiger partial charge in [0.2, 0.25) is 0 Å². The lowest BCUT2D eigenvalue weighted by Crippen LogP contribution is -2.03. The van der Waals surface area contributed by atoms with Crippen LogP contribution in [0.1, 0.15) is 23.7 Å². The first-order valence-electron chi connectivity index (χ1n) is 8.08. The first-order chi connectivity index (χ1) is 12.2. The lowest BCUT2D eigenvalue weighted by Gasteiger charge is -2.10. The van der Waals surface area contributed by atoms with E-state index in [0.717, 1.165) is 27.7 Å². The molecule has 1 N–H and O–H groups in total. The number of aliphatic hydroxyl groups is 1. The van der Waals surface area contributed by atoms with Crippen molar-refractivity contribution < 1.29 is 14.2 Å². The molecule has 1 aromatic carbocycles. The summed E-state index contributed by atoms with van der Waals surface area (Å²) < 4.78 is 20.9. The van der Waals surface area contributed by atoms with E-state index in [1.807, 2.05) is 26.0 Å². The summed E-state index contributed by atoms with van der Waals surface area (Å²) in [4.78, 5) is 0. The van der Waals surface area contributed by atoms with Gasteiger partial charge in [-0.05, 0) is 31.5 Å². The Balaban J connectivity index is 2.00. The minimum absolute atomic E-state index is 0.0751. The molecule has 0 amide bonds. The van der Waals surface area contributed by atoms with E-state index in [1.54, 1.807) is 18.3 Å². The van der Waals surface area contributed by atoms with Crippen LogP contribution in [-0.2, 0) is 19.8 Å². The molecule has 0 radical (unpaired) electrons. The smallest absolute Gasteiger partial charge is 0.258 e. The summed E-state index contributed by atoms with van der Waals surface area (Å²) in [5.41, 5.74) is 3.42. The molecule has 0 saturated carbocycles. The minimum Gasteiger partial charge on any atom is -0.470 e. The van der Waals surface area contributed by atoms with Crippen molar-refractivity contribution in [3.8, 4) is 5.88 Å². The Bertz CT molecular complexity index is 901. The predicted octanol–water partition coefficient (Wildman–Crippen LogP) is 3.53. The SMILES string of the molecule is C/C=C/Cn1c(C)c(CO)c2cnnc(OCc3ccc(F)cc3)c21. The fourth-order valence-corrected chi connectivity index (χ4v) is 2.84. The number of benzene rings is 1. The highest BCUT2D eigenvalue weighted by Crippen LogP contribution is 2.31. The van der Waals surface area contributed by atoms with Gasteiger partial charge in [0, 0.05) is 23.2 Å². The summed E-state index contributed by atoms with van der Waals surface area (Å²) in [5.74, 6) is 0.114. The van der Waals surface area contributed by atoms with Crippen molar-refractivity contribution in [3.63, 3.8) is 0 Å². The van der Waals surface area contributed by atoms with Crippen molar-refractivity contribution in [1.82, 2.24) is 14.8 Å². The molecule has 3 aromatic rings. The predicted molar refractivity (Wildman–Crippen MR) is 93.7 cm³/mol. The summed E-state index contributed by atoms with van der Waals surface area (Å²) >= 11 is 0. The molecule has 6 heteroatoms. The third kappa shape index (κ3) is 3.39. The molecule has 25 heavy (non-hydrogen) atoms. The number of fused-ring (bicyclic) bond motifs is 1. The topological polar surface area (TPSA) is 60.2 Å². The standard InChI is InChI=1S/C19H20FN3O2/c1-3-4-9-23-13(2)17(11-24)16-10-21-22-19(18(16)23)25-12-14-5-7-15(20)8-6-14/h3-8,10,24H,9,11-12H2,1-2H3/b4-3+. The molecular weight excluding hydrogens is 321 g/mol. The molecule has 0 aliphatic heterocycles. The maximum Gasteiger partial charge on any atom is 0.258 e. The van der Waals surface area contributed by atoms with Gasteiger partial charge in [0.25, 0.3) is 5.88 Å². The van der Waals surface area contributed by atoms with Crippen molar-refractivity contribution >= 4 is 10.9 Å². The number of aliphatic hydroxyl groups excluding tert-OH is 1. The van der Waals surface area contributed by atoms with Crippen LogP contribution in [0.4, 0.5) is 4.39 Å². The monoisotopic (exact) mass is 341 g/mol. The third-order valence-corrected chi connectivity index (χ3v) is 4.20. The van der Waals surface area contributed by atoms with Crippen molar-refractivity contribution in [1.29, 1.82) is 0 Å². The van der Waals surface area contributed by atoms with E-state index in [9.17, 15) is 9.50 Å². The average molecular weight is 341 g/mol. The average Bonchev–Trinajstić information content (AvgIpc) is 2.90. The van der Waals surface area contributed by atoms with Crippen molar-refractivity contribution in [2.24, 2.45) is 0 Å². The molecule has 3 rings (SSSR count). The zero-order chi connectivity index (χ0) is 17.8. The van der Waals surface area contributed by atoms with Gasteiger partial charge in [0.1, 0.15) is 17.9 Å². The molecule has 0 aliphatic rings. The maximum atomic E-state index is 13.0. The molecule has 0 atom stereocenters. The number of aromatic nitrogens is 3. The van der Waals surface area contributed by atoms with Crippen LogP contribution < -0.4 is 4.74 Å². The van der Waals surface area contributed by atoms with E-state index >= 15 is 0 Å².